The molecule has 2 amide bonds. The Morgan fingerprint density at radius 3 is 2.42 bits per heavy atom. The minimum atomic E-state index is -0.325. The van der Waals surface area contributed by atoms with Gasteiger partial charge in [0.15, 0.2) is 5.11 Å². The summed E-state index contributed by atoms with van der Waals surface area (Å²) in [6.07, 6.45) is 7.73. The van der Waals surface area contributed by atoms with Gasteiger partial charge in [-0.2, -0.15) is 0 Å². The molecule has 1 fully saturated rings. The maximum absolute atomic E-state index is 12.8. The van der Waals surface area contributed by atoms with E-state index >= 15 is 0 Å². The largest absolute Gasteiger partial charge is 0.493 e. The number of nitrogens with one attached hydrogen (secondary N) is 2. The van der Waals surface area contributed by atoms with Gasteiger partial charge < -0.3 is 15.0 Å². The smallest absolute Gasteiger partial charge is 0.261 e. The van der Waals surface area contributed by atoms with Crippen molar-refractivity contribution in [3.63, 3.8) is 0 Å². The van der Waals surface area contributed by atoms with Gasteiger partial charge in [-0.25, -0.2) is 0 Å². The highest BCUT2D eigenvalue weighted by Crippen LogP contribution is 2.19. The van der Waals surface area contributed by atoms with E-state index in [1.807, 2.05) is 11.0 Å². The Labute approximate surface area is 201 Å². The number of carbonyl (C=O) groups is 2. The van der Waals surface area contributed by atoms with Gasteiger partial charge in [0.2, 0.25) is 0 Å². The van der Waals surface area contributed by atoms with E-state index in [0.717, 1.165) is 38.8 Å². The molecule has 0 atom stereocenters. The van der Waals surface area contributed by atoms with Crippen LogP contribution in [-0.4, -0.2) is 41.5 Å². The number of rotatable bonds is 9. The Balaban J connectivity index is 1.52. The fraction of sp³-hybridized carbons (Fsp3) is 0.423. The molecule has 7 heteroatoms. The zero-order valence-corrected chi connectivity index (χ0v) is 20.1. The molecule has 0 aromatic heterocycles. The maximum atomic E-state index is 12.8. The number of benzene rings is 2. The molecule has 33 heavy (non-hydrogen) atoms. The van der Waals surface area contributed by atoms with Gasteiger partial charge in [-0.15, -0.1) is 0 Å². The number of anilines is 1. The molecule has 0 spiro atoms. The minimum Gasteiger partial charge on any atom is -0.493 e. The van der Waals surface area contributed by atoms with E-state index in [1.165, 1.54) is 19.3 Å². The van der Waals surface area contributed by atoms with Crippen molar-refractivity contribution in [1.82, 2.24) is 10.2 Å². The van der Waals surface area contributed by atoms with Crippen LogP contribution in [0.1, 0.15) is 72.6 Å². The predicted molar refractivity (Wildman–Crippen MR) is 136 cm³/mol. The second-order valence-electron chi connectivity index (χ2n) is 8.24. The van der Waals surface area contributed by atoms with Crippen LogP contribution in [0.25, 0.3) is 0 Å². The topological polar surface area (TPSA) is 70.7 Å². The summed E-state index contributed by atoms with van der Waals surface area (Å²) in [5, 5.41) is 5.91. The van der Waals surface area contributed by atoms with Crippen LogP contribution in [0.5, 0.6) is 5.75 Å². The van der Waals surface area contributed by atoms with Gasteiger partial charge in [0, 0.05) is 24.3 Å². The number of ether oxygens (including phenoxy) is 1. The molecule has 6 nitrogen and oxygen atoms in total. The second-order valence-corrected chi connectivity index (χ2v) is 8.65. The molecule has 0 aliphatic carbocycles. The van der Waals surface area contributed by atoms with Gasteiger partial charge in [0.1, 0.15) is 5.75 Å². The first-order valence-corrected chi connectivity index (χ1v) is 12.2. The summed E-state index contributed by atoms with van der Waals surface area (Å²) in [7, 11) is 0. The molecule has 1 heterocycles. The van der Waals surface area contributed by atoms with Gasteiger partial charge in [-0.1, -0.05) is 38.3 Å². The van der Waals surface area contributed by atoms with E-state index in [2.05, 4.69) is 17.6 Å². The Morgan fingerprint density at radius 1 is 0.970 bits per heavy atom. The molecule has 0 radical (unpaired) electrons. The molecular formula is C26H33N3O3S. The Hall–Kier alpha value is -2.93. The normalized spacial score (nSPS) is 13.3. The van der Waals surface area contributed by atoms with Gasteiger partial charge in [-0.05, 0) is 74.3 Å². The first-order valence-electron chi connectivity index (χ1n) is 11.8. The van der Waals surface area contributed by atoms with Crippen molar-refractivity contribution in [1.29, 1.82) is 0 Å². The summed E-state index contributed by atoms with van der Waals surface area (Å²) < 4.78 is 5.83. The standard InChI is InChI=1S/C26H33N3O3S/c1-2-3-4-10-19-32-23-12-7-6-11-22(23)24(30)28-26(33)27-21-15-13-20(14-16-21)25(31)29-17-8-5-9-18-29/h6-7,11-16H,2-5,8-10,17-19H2,1H3,(H2,27,28,30,33). The van der Waals surface area contributed by atoms with Crippen molar-refractivity contribution >= 4 is 34.8 Å². The SMILES string of the molecule is CCCCCCOc1ccccc1C(=O)NC(=S)Nc1ccc(C(=O)N2CCCCC2)cc1. The third kappa shape index (κ3) is 7.56. The van der Waals surface area contributed by atoms with Crippen LogP contribution in [0, 0.1) is 0 Å². The number of hydrogen-bond acceptors (Lipinski definition) is 4. The number of thiocarbonyl (C=S) groups is 1. The van der Waals surface area contributed by atoms with E-state index in [4.69, 9.17) is 17.0 Å². The second kappa shape index (κ2) is 12.9. The number of nitrogens with zero attached hydrogens (tertiary/aromatic N) is 1. The average Bonchev–Trinajstić information content (AvgIpc) is 2.84. The first-order chi connectivity index (χ1) is 16.1. The fourth-order valence-corrected chi connectivity index (χ4v) is 4.01. The molecular weight excluding hydrogens is 434 g/mol. The quantitative estimate of drug-likeness (QED) is 0.382. The van der Waals surface area contributed by atoms with Crippen molar-refractivity contribution in [2.75, 3.05) is 25.0 Å². The minimum absolute atomic E-state index is 0.0587. The number of carbonyl (C=O) groups excluding carboxylic acids is 2. The van der Waals surface area contributed by atoms with Gasteiger partial charge in [-0.3, -0.25) is 14.9 Å². The third-order valence-corrected chi connectivity index (χ3v) is 5.85. The van der Waals surface area contributed by atoms with Crippen LogP contribution < -0.4 is 15.4 Å². The monoisotopic (exact) mass is 467 g/mol. The van der Waals surface area contributed by atoms with Crippen LogP contribution in [-0.2, 0) is 0 Å². The highest BCUT2D eigenvalue weighted by atomic mass is 32.1. The van der Waals surface area contributed by atoms with Crippen LogP contribution in [0.2, 0.25) is 0 Å². The molecule has 2 aromatic rings. The number of unbranched alkanes of at least 4 members (excludes halogenated alkanes) is 3. The molecule has 176 valence electrons. The van der Waals surface area contributed by atoms with Gasteiger partial charge >= 0.3 is 0 Å². The molecule has 0 bridgehead atoms. The van der Waals surface area contributed by atoms with E-state index in [-0.39, 0.29) is 16.9 Å². The molecule has 2 aromatic carbocycles. The molecule has 0 unspecified atom stereocenters. The van der Waals surface area contributed by atoms with Crippen molar-refractivity contribution in [2.24, 2.45) is 0 Å². The molecule has 2 N–H and O–H groups in total. The highest BCUT2D eigenvalue weighted by Gasteiger charge is 2.18. The lowest BCUT2D eigenvalue weighted by Crippen LogP contribution is -2.35. The maximum Gasteiger partial charge on any atom is 0.261 e. The number of piperidine rings is 1. The first kappa shape index (κ1) is 24.7. The number of amides is 2. The molecule has 1 aliphatic rings. The van der Waals surface area contributed by atoms with E-state index in [0.29, 0.717) is 29.2 Å². The number of likely N-dealkylation sites (tertiary alicyclic amines) is 1. The third-order valence-electron chi connectivity index (χ3n) is 5.65. The van der Waals surface area contributed by atoms with Crippen molar-refractivity contribution in [3.05, 3.63) is 59.7 Å². The lowest BCUT2D eigenvalue weighted by molar-refractivity contribution is 0.0724. The lowest BCUT2D eigenvalue weighted by atomic mass is 10.1. The van der Waals surface area contributed by atoms with Crippen LogP contribution in [0.4, 0.5) is 5.69 Å². The van der Waals surface area contributed by atoms with Crippen molar-refractivity contribution in [3.8, 4) is 5.75 Å². The number of para-hydroxylation sites is 1. The van der Waals surface area contributed by atoms with Crippen molar-refractivity contribution in [2.45, 2.75) is 51.9 Å². The molecule has 1 aliphatic heterocycles. The molecule has 1 saturated heterocycles. The zero-order chi connectivity index (χ0) is 23.5. The van der Waals surface area contributed by atoms with Crippen LogP contribution in [0.15, 0.2) is 48.5 Å². The summed E-state index contributed by atoms with van der Waals surface area (Å²) in [6.45, 7) is 4.38. The van der Waals surface area contributed by atoms with Gasteiger partial charge in [0.05, 0.1) is 12.2 Å². The summed E-state index contributed by atoms with van der Waals surface area (Å²) in [5.74, 6) is 0.284. The summed E-state index contributed by atoms with van der Waals surface area (Å²) in [4.78, 5) is 27.3. The Bertz CT molecular complexity index is 940. The number of hydrogen-bond donors (Lipinski definition) is 2. The van der Waals surface area contributed by atoms with E-state index in [1.54, 1.807) is 42.5 Å². The van der Waals surface area contributed by atoms with Gasteiger partial charge in [0.25, 0.3) is 11.8 Å². The van der Waals surface area contributed by atoms with Crippen molar-refractivity contribution < 1.29 is 14.3 Å². The van der Waals surface area contributed by atoms with Crippen LogP contribution in [0.3, 0.4) is 0 Å². The fourth-order valence-electron chi connectivity index (χ4n) is 3.80. The average molecular weight is 468 g/mol. The zero-order valence-electron chi connectivity index (χ0n) is 19.3. The predicted octanol–water partition coefficient (Wildman–Crippen LogP) is 5.40. The Morgan fingerprint density at radius 2 is 1.70 bits per heavy atom. The Kier molecular flexibility index (Phi) is 9.69. The summed E-state index contributed by atoms with van der Waals surface area (Å²) in [5.41, 5.74) is 1.80. The molecule has 0 saturated carbocycles. The van der Waals surface area contributed by atoms with E-state index < -0.39 is 0 Å². The summed E-state index contributed by atoms with van der Waals surface area (Å²) in [6, 6.07) is 14.3. The highest BCUT2D eigenvalue weighted by molar-refractivity contribution is 7.80. The molecule has 3 rings (SSSR count). The summed E-state index contributed by atoms with van der Waals surface area (Å²) >= 11 is 5.32. The lowest BCUT2D eigenvalue weighted by Gasteiger charge is -2.26. The van der Waals surface area contributed by atoms with Crippen LogP contribution >= 0.6 is 12.2 Å². The van der Waals surface area contributed by atoms with E-state index in [9.17, 15) is 9.59 Å².